The van der Waals surface area contributed by atoms with E-state index >= 15 is 0 Å². The summed E-state index contributed by atoms with van der Waals surface area (Å²) in [5.41, 5.74) is 1.05. The zero-order valence-corrected chi connectivity index (χ0v) is 9.79. The van der Waals surface area contributed by atoms with E-state index in [0.29, 0.717) is 5.11 Å². The number of nitrogens with one attached hydrogen (secondary N) is 2. The summed E-state index contributed by atoms with van der Waals surface area (Å²) in [6.45, 7) is 1.97. The van der Waals surface area contributed by atoms with Gasteiger partial charge in [-0.25, -0.2) is 4.98 Å². The second kappa shape index (κ2) is 4.53. The normalized spacial score (nSPS) is 9.46. The van der Waals surface area contributed by atoms with Gasteiger partial charge in [-0.15, -0.1) is 0 Å². The van der Waals surface area contributed by atoms with E-state index in [0.717, 1.165) is 15.9 Å². The van der Waals surface area contributed by atoms with Crippen molar-refractivity contribution in [2.24, 2.45) is 0 Å². The Labute approximate surface area is 91.1 Å². The number of pyridine rings is 1. The lowest BCUT2D eigenvalue weighted by atomic mass is 10.3. The standard InChI is InChI=1S/C8H10BrN3S/c1-5-3-6(9)4-11-7(5)12-8(13)10-2/h3-4H,1-2H3,(H2,10,11,12,13). The zero-order valence-electron chi connectivity index (χ0n) is 7.39. The third-order valence-electron chi connectivity index (χ3n) is 1.50. The van der Waals surface area contributed by atoms with E-state index < -0.39 is 0 Å². The Kier molecular flexibility index (Phi) is 3.62. The minimum atomic E-state index is 0.568. The number of nitrogens with zero attached hydrogens (tertiary/aromatic N) is 1. The summed E-state index contributed by atoms with van der Waals surface area (Å²) in [6, 6.07) is 1.98. The molecule has 1 aromatic rings. The highest BCUT2D eigenvalue weighted by atomic mass is 79.9. The summed E-state index contributed by atoms with van der Waals surface area (Å²) in [7, 11) is 1.77. The Morgan fingerprint density at radius 3 is 2.85 bits per heavy atom. The molecule has 0 fully saturated rings. The molecule has 0 aliphatic rings. The maximum atomic E-state index is 4.96. The summed E-state index contributed by atoms with van der Waals surface area (Å²) in [6.07, 6.45) is 1.73. The van der Waals surface area contributed by atoms with Crippen LogP contribution >= 0.6 is 28.1 Å². The molecular formula is C8H10BrN3S. The van der Waals surface area contributed by atoms with Gasteiger partial charge in [0, 0.05) is 17.7 Å². The van der Waals surface area contributed by atoms with Gasteiger partial charge in [-0.1, -0.05) is 0 Å². The van der Waals surface area contributed by atoms with Crippen LogP contribution in [0.4, 0.5) is 5.82 Å². The van der Waals surface area contributed by atoms with Crippen LogP contribution in [0.2, 0.25) is 0 Å². The molecule has 13 heavy (non-hydrogen) atoms. The molecule has 3 nitrogen and oxygen atoms in total. The second-order valence-electron chi connectivity index (χ2n) is 2.52. The van der Waals surface area contributed by atoms with Gasteiger partial charge in [0.1, 0.15) is 5.82 Å². The van der Waals surface area contributed by atoms with Gasteiger partial charge in [0.2, 0.25) is 0 Å². The van der Waals surface area contributed by atoms with Crippen LogP contribution in [-0.4, -0.2) is 17.1 Å². The monoisotopic (exact) mass is 259 g/mol. The van der Waals surface area contributed by atoms with Crippen LogP contribution in [0.3, 0.4) is 0 Å². The number of halogens is 1. The number of hydrogen-bond acceptors (Lipinski definition) is 2. The van der Waals surface area contributed by atoms with Gasteiger partial charge in [0.25, 0.3) is 0 Å². The van der Waals surface area contributed by atoms with Crippen LogP contribution in [0, 0.1) is 6.92 Å². The minimum Gasteiger partial charge on any atom is -0.365 e. The number of hydrogen-bond donors (Lipinski definition) is 2. The van der Waals surface area contributed by atoms with Gasteiger partial charge in [-0.3, -0.25) is 0 Å². The first-order valence-corrected chi connectivity index (χ1v) is 4.94. The lowest BCUT2D eigenvalue weighted by Gasteiger charge is -2.08. The van der Waals surface area contributed by atoms with Gasteiger partial charge >= 0.3 is 0 Å². The van der Waals surface area contributed by atoms with E-state index in [-0.39, 0.29) is 0 Å². The van der Waals surface area contributed by atoms with Crippen LogP contribution in [0.1, 0.15) is 5.56 Å². The summed E-state index contributed by atoms with van der Waals surface area (Å²) >= 11 is 8.30. The van der Waals surface area contributed by atoms with Crippen molar-refractivity contribution in [3.05, 3.63) is 22.3 Å². The molecule has 0 saturated heterocycles. The first-order valence-electron chi connectivity index (χ1n) is 3.74. The fourth-order valence-corrected chi connectivity index (χ4v) is 1.38. The molecule has 1 rings (SSSR count). The van der Waals surface area contributed by atoms with Crippen molar-refractivity contribution in [2.45, 2.75) is 6.92 Å². The van der Waals surface area contributed by atoms with Crippen LogP contribution in [0.5, 0.6) is 0 Å². The lowest BCUT2D eigenvalue weighted by Crippen LogP contribution is -2.25. The third-order valence-corrected chi connectivity index (χ3v) is 2.24. The summed E-state index contributed by atoms with van der Waals surface area (Å²) < 4.78 is 0.964. The van der Waals surface area contributed by atoms with Crippen molar-refractivity contribution >= 4 is 39.1 Å². The molecule has 0 aliphatic heterocycles. The smallest absolute Gasteiger partial charge is 0.171 e. The molecule has 5 heteroatoms. The van der Waals surface area contributed by atoms with Crippen molar-refractivity contribution in [1.29, 1.82) is 0 Å². The van der Waals surface area contributed by atoms with E-state index in [2.05, 4.69) is 31.5 Å². The van der Waals surface area contributed by atoms with Crippen molar-refractivity contribution in [3.63, 3.8) is 0 Å². The highest BCUT2D eigenvalue weighted by molar-refractivity contribution is 9.10. The Morgan fingerprint density at radius 2 is 2.31 bits per heavy atom. The fraction of sp³-hybridized carbons (Fsp3) is 0.250. The molecule has 1 aromatic heterocycles. The lowest BCUT2D eigenvalue weighted by molar-refractivity contribution is 1.17. The topological polar surface area (TPSA) is 37.0 Å². The summed E-state index contributed by atoms with van der Waals surface area (Å²) in [5, 5.41) is 6.37. The van der Waals surface area contributed by atoms with Crippen molar-refractivity contribution < 1.29 is 0 Å². The molecule has 0 aliphatic carbocycles. The van der Waals surface area contributed by atoms with E-state index in [4.69, 9.17) is 12.2 Å². The quantitative estimate of drug-likeness (QED) is 0.758. The molecule has 0 bridgehead atoms. The number of thiocarbonyl (C=S) groups is 1. The Morgan fingerprint density at radius 1 is 1.62 bits per heavy atom. The van der Waals surface area contributed by atoms with Crippen molar-refractivity contribution in [3.8, 4) is 0 Å². The molecule has 0 amide bonds. The molecule has 1 heterocycles. The molecule has 0 unspecified atom stereocenters. The average Bonchev–Trinajstić information content (AvgIpc) is 2.09. The van der Waals surface area contributed by atoms with Crippen LogP contribution in [0.15, 0.2) is 16.7 Å². The Bertz CT molecular complexity index is 327. The third kappa shape index (κ3) is 2.93. The number of anilines is 1. The number of rotatable bonds is 1. The maximum absolute atomic E-state index is 4.96. The predicted molar refractivity (Wildman–Crippen MR) is 62.0 cm³/mol. The highest BCUT2D eigenvalue weighted by Crippen LogP contribution is 2.16. The van der Waals surface area contributed by atoms with Crippen molar-refractivity contribution in [2.75, 3.05) is 12.4 Å². The van der Waals surface area contributed by atoms with Crippen molar-refractivity contribution in [1.82, 2.24) is 10.3 Å². The van der Waals surface area contributed by atoms with E-state index in [1.54, 1.807) is 13.2 Å². The molecular weight excluding hydrogens is 250 g/mol. The molecule has 0 atom stereocenters. The zero-order chi connectivity index (χ0) is 9.84. The highest BCUT2D eigenvalue weighted by Gasteiger charge is 2.01. The Hall–Kier alpha value is -0.680. The second-order valence-corrected chi connectivity index (χ2v) is 3.85. The largest absolute Gasteiger partial charge is 0.365 e. The number of aromatic nitrogens is 1. The van der Waals surface area contributed by atoms with Crippen LogP contribution in [0.25, 0.3) is 0 Å². The summed E-state index contributed by atoms with van der Waals surface area (Å²) in [4.78, 5) is 4.18. The molecule has 0 radical (unpaired) electrons. The van der Waals surface area contributed by atoms with E-state index in [1.165, 1.54) is 0 Å². The first-order chi connectivity index (χ1) is 6.13. The SMILES string of the molecule is CNC(=S)Nc1ncc(Br)cc1C. The predicted octanol–water partition coefficient (Wildman–Crippen LogP) is 2.07. The van der Waals surface area contributed by atoms with Crippen LogP contribution < -0.4 is 10.6 Å². The van der Waals surface area contributed by atoms with E-state index in [1.807, 2.05) is 13.0 Å². The first kappa shape index (κ1) is 10.4. The van der Waals surface area contributed by atoms with Gasteiger partial charge in [-0.2, -0.15) is 0 Å². The average molecular weight is 260 g/mol. The van der Waals surface area contributed by atoms with Gasteiger partial charge in [0.15, 0.2) is 5.11 Å². The van der Waals surface area contributed by atoms with Gasteiger partial charge in [-0.05, 0) is 46.7 Å². The summed E-state index contributed by atoms with van der Waals surface area (Å²) in [5.74, 6) is 0.780. The van der Waals surface area contributed by atoms with Gasteiger partial charge < -0.3 is 10.6 Å². The molecule has 0 spiro atoms. The molecule has 70 valence electrons. The molecule has 2 N–H and O–H groups in total. The minimum absolute atomic E-state index is 0.568. The molecule has 0 aromatic carbocycles. The van der Waals surface area contributed by atoms with Gasteiger partial charge in [0.05, 0.1) is 0 Å². The van der Waals surface area contributed by atoms with Crippen LogP contribution in [-0.2, 0) is 0 Å². The Balaban J connectivity index is 2.83. The van der Waals surface area contributed by atoms with E-state index in [9.17, 15) is 0 Å². The number of aryl methyl sites for hydroxylation is 1. The molecule has 0 saturated carbocycles. The maximum Gasteiger partial charge on any atom is 0.171 e. The fourth-order valence-electron chi connectivity index (χ4n) is 0.841.